The van der Waals surface area contributed by atoms with Crippen molar-refractivity contribution >= 4 is 32.7 Å². The minimum absolute atomic E-state index is 0.00763. The molecule has 0 fully saturated rings. The number of amides is 1. The number of hydrogen-bond acceptors (Lipinski definition) is 5. The highest BCUT2D eigenvalue weighted by Crippen LogP contribution is 2.20. The van der Waals surface area contributed by atoms with Gasteiger partial charge in [0.1, 0.15) is 11.6 Å². The number of aryl methyl sites for hydroxylation is 1. The van der Waals surface area contributed by atoms with Crippen LogP contribution in [0.5, 0.6) is 5.75 Å². The third-order valence-electron chi connectivity index (χ3n) is 5.11. The fourth-order valence-corrected chi connectivity index (χ4v) is 4.52. The summed E-state index contributed by atoms with van der Waals surface area (Å²) in [7, 11) is -1.99. The molecule has 8 nitrogen and oxygen atoms in total. The molecule has 0 radical (unpaired) electrons. The summed E-state index contributed by atoms with van der Waals surface area (Å²) in [4.78, 5) is 17.2. The van der Waals surface area contributed by atoms with E-state index in [9.17, 15) is 13.2 Å². The summed E-state index contributed by atoms with van der Waals surface area (Å²) in [6, 6.07) is 20.2. The van der Waals surface area contributed by atoms with E-state index in [1.54, 1.807) is 30.3 Å². The highest BCUT2D eigenvalue weighted by Gasteiger charge is 2.17. The van der Waals surface area contributed by atoms with Crippen LogP contribution in [0, 0.1) is 0 Å². The number of anilines is 1. The molecule has 0 aliphatic carbocycles. The maximum atomic E-state index is 12.8. The number of rotatable bonds is 8. The van der Waals surface area contributed by atoms with Gasteiger partial charge in [-0.2, -0.15) is 0 Å². The van der Waals surface area contributed by atoms with Gasteiger partial charge in [0, 0.05) is 18.3 Å². The third-order valence-corrected chi connectivity index (χ3v) is 6.49. The summed E-state index contributed by atoms with van der Waals surface area (Å²) in [6.07, 6.45) is 0. The van der Waals surface area contributed by atoms with Gasteiger partial charge >= 0.3 is 0 Å². The lowest BCUT2D eigenvalue weighted by Crippen LogP contribution is -2.24. The average Bonchev–Trinajstić information content (AvgIpc) is 3.14. The smallest absolute Gasteiger partial charge is 0.261 e. The molecular weight excluding hydrogens is 440 g/mol. The molecule has 0 atom stereocenters. The maximum Gasteiger partial charge on any atom is 0.261 e. The summed E-state index contributed by atoms with van der Waals surface area (Å²) in [5.74, 6) is 0.963. The number of nitrogens with one attached hydrogen (secondary N) is 2. The predicted molar refractivity (Wildman–Crippen MR) is 127 cm³/mol. The van der Waals surface area contributed by atoms with Gasteiger partial charge in [-0.1, -0.05) is 18.2 Å². The minimum atomic E-state index is -3.87. The number of benzene rings is 3. The Balaban J connectivity index is 1.46. The van der Waals surface area contributed by atoms with E-state index < -0.39 is 10.0 Å². The van der Waals surface area contributed by atoms with Crippen molar-refractivity contribution in [1.82, 2.24) is 14.9 Å². The molecule has 1 amide bonds. The van der Waals surface area contributed by atoms with Crippen LogP contribution in [0.3, 0.4) is 0 Å². The largest absolute Gasteiger partial charge is 0.494 e. The van der Waals surface area contributed by atoms with E-state index in [0.717, 1.165) is 11.0 Å². The van der Waals surface area contributed by atoms with E-state index in [2.05, 4.69) is 15.0 Å². The molecule has 0 spiro atoms. The number of hydrogen-bond donors (Lipinski definition) is 2. The van der Waals surface area contributed by atoms with E-state index in [4.69, 9.17) is 4.74 Å². The van der Waals surface area contributed by atoms with Crippen molar-refractivity contribution < 1.29 is 17.9 Å². The van der Waals surface area contributed by atoms with Crippen LogP contribution in [0.25, 0.3) is 11.0 Å². The van der Waals surface area contributed by atoms with Crippen LogP contribution >= 0.6 is 0 Å². The lowest BCUT2D eigenvalue weighted by Gasteiger charge is -2.11. The number of aromatic nitrogens is 2. The van der Waals surface area contributed by atoms with E-state index in [-0.39, 0.29) is 22.9 Å². The number of carbonyl (C=O) groups is 1. The number of carbonyl (C=O) groups excluding carboxylic acids is 1. The van der Waals surface area contributed by atoms with E-state index in [1.807, 2.05) is 42.8 Å². The van der Waals surface area contributed by atoms with E-state index in [1.165, 1.54) is 18.2 Å². The number of sulfonamides is 1. The molecule has 1 aromatic heterocycles. The van der Waals surface area contributed by atoms with Crippen LogP contribution in [0.1, 0.15) is 23.1 Å². The van der Waals surface area contributed by atoms with Crippen LogP contribution in [-0.2, 0) is 23.6 Å². The first-order valence-electron chi connectivity index (χ1n) is 10.4. The fraction of sp³-hybridized carbons (Fsp3) is 0.167. The van der Waals surface area contributed by atoms with Crippen molar-refractivity contribution in [2.45, 2.75) is 18.4 Å². The highest BCUT2D eigenvalue weighted by atomic mass is 32.2. The molecule has 4 aromatic rings. The van der Waals surface area contributed by atoms with Gasteiger partial charge in [0.05, 0.1) is 29.1 Å². The molecule has 0 bridgehead atoms. The Hall–Kier alpha value is -3.85. The average molecular weight is 465 g/mol. The molecule has 1 heterocycles. The second-order valence-electron chi connectivity index (χ2n) is 7.35. The Labute approximate surface area is 192 Å². The number of nitrogens with zero attached hydrogens (tertiary/aromatic N) is 2. The van der Waals surface area contributed by atoms with Crippen LogP contribution in [0.4, 0.5) is 5.69 Å². The molecular formula is C24H24N4O4S. The molecule has 0 aliphatic rings. The SMILES string of the molecule is CCOc1ccc(NS(=O)(=O)c2cccc(C(=O)NCc3nc4ccccc4n3C)c2)cc1. The first kappa shape index (κ1) is 22.3. The summed E-state index contributed by atoms with van der Waals surface area (Å²) < 4.78 is 35.5. The van der Waals surface area contributed by atoms with Crippen molar-refractivity contribution in [3.8, 4) is 5.75 Å². The van der Waals surface area contributed by atoms with Crippen LogP contribution in [-0.4, -0.2) is 30.5 Å². The second kappa shape index (κ2) is 9.33. The number of imidazole rings is 1. The Morgan fingerprint density at radius 3 is 2.52 bits per heavy atom. The molecule has 170 valence electrons. The Bertz CT molecular complexity index is 1400. The molecule has 0 unspecified atom stereocenters. The van der Waals surface area contributed by atoms with Gasteiger partial charge in [-0.15, -0.1) is 0 Å². The third kappa shape index (κ3) is 4.98. The quantitative estimate of drug-likeness (QED) is 0.414. The van der Waals surface area contributed by atoms with Crippen molar-refractivity contribution in [2.75, 3.05) is 11.3 Å². The molecule has 4 rings (SSSR count). The number of para-hydroxylation sites is 2. The first-order chi connectivity index (χ1) is 15.9. The summed E-state index contributed by atoms with van der Waals surface area (Å²) in [5.41, 5.74) is 2.45. The van der Waals surface area contributed by atoms with Crippen LogP contribution in [0.2, 0.25) is 0 Å². The predicted octanol–water partition coefficient (Wildman–Crippen LogP) is 3.70. The minimum Gasteiger partial charge on any atom is -0.494 e. The van der Waals surface area contributed by atoms with Gasteiger partial charge < -0.3 is 14.6 Å². The molecule has 33 heavy (non-hydrogen) atoms. The summed E-state index contributed by atoms with van der Waals surface area (Å²) in [5, 5.41) is 2.81. The number of fused-ring (bicyclic) bond motifs is 1. The van der Waals surface area contributed by atoms with Gasteiger partial charge in [0.25, 0.3) is 15.9 Å². The molecule has 2 N–H and O–H groups in total. The van der Waals surface area contributed by atoms with Gasteiger partial charge in [-0.25, -0.2) is 13.4 Å². The molecule has 9 heteroatoms. The van der Waals surface area contributed by atoms with Gasteiger partial charge in [-0.3, -0.25) is 9.52 Å². The van der Waals surface area contributed by atoms with E-state index in [0.29, 0.717) is 23.9 Å². The topological polar surface area (TPSA) is 102 Å². The number of ether oxygens (including phenoxy) is 1. The standard InChI is InChI=1S/C24H24N4O4S/c1-3-32-19-13-11-18(12-14-19)27-33(30,31)20-8-6-7-17(15-20)24(29)25-16-23-26-21-9-4-5-10-22(21)28(23)2/h4-15,27H,3,16H2,1-2H3,(H,25,29). The van der Waals surface area contributed by atoms with Crippen LogP contribution in [0.15, 0.2) is 77.7 Å². The van der Waals surface area contributed by atoms with Gasteiger partial charge in [-0.05, 0) is 61.5 Å². The lowest BCUT2D eigenvalue weighted by molar-refractivity contribution is 0.0949. The first-order valence-corrected chi connectivity index (χ1v) is 11.9. The zero-order chi connectivity index (χ0) is 23.4. The van der Waals surface area contributed by atoms with E-state index >= 15 is 0 Å². The van der Waals surface area contributed by atoms with Gasteiger partial charge in [0.2, 0.25) is 0 Å². The summed E-state index contributed by atoms with van der Waals surface area (Å²) in [6.45, 7) is 2.61. The van der Waals surface area contributed by atoms with Crippen molar-refractivity contribution in [2.24, 2.45) is 7.05 Å². The molecule has 0 saturated carbocycles. The fourth-order valence-electron chi connectivity index (χ4n) is 3.42. The van der Waals surface area contributed by atoms with Gasteiger partial charge in [0.15, 0.2) is 0 Å². The normalized spacial score (nSPS) is 11.3. The van der Waals surface area contributed by atoms with Crippen molar-refractivity contribution in [3.63, 3.8) is 0 Å². The lowest BCUT2D eigenvalue weighted by atomic mass is 10.2. The Kier molecular flexibility index (Phi) is 6.32. The second-order valence-corrected chi connectivity index (χ2v) is 9.03. The maximum absolute atomic E-state index is 12.8. The Morgan fingerprint density at radius 1 is 1.03 bits per heavy atom. The Morgan fingerprint density at radius 2 is 1.79 bits per heavy atom. The van der Waals surface area contributed by atoms with Crippen LogP contribution < -0.4 is 14.8 Å². The summed E-state index contributed by atoms with van der Waals surface area (Å²) >= 11 is 0. The molecule has 0 saturated heterocycles. The molecule has 0 aliphatic heterocycles. The zero-order valence-electron chi connectivity index (χ0n) is 18.3. The van der Waals surface area contributed by atoms with Crippen molar-refractivity contribution in [3.05, 3.63) is 84.2 Å². The molecule has 3 aromatic carbocycles. The van der Waals surface area contributed by atoms with Crippen molar-refractivity contribution in [1.29, 1.82) is 0 Å². The monoisotopic (exact) mass is 464 g/mol. The zero-order valence-corrected chi connectivity index (χ0v) is 19.1. The highest BCUT2D eigenvalue weighted by molar-refractivity contribution is 7.92.